The lowest BCUT2D eigenvalue weighted by Crippen LogP contribution is -2.30. The van der Waals surface area contributed by atoms with Crippen molar-refractivity contribution in [1.29, 1.82) is 0 Å². The van der Waals surface area contributed by atoms with E-state index in [2.05, 4.69) is 15.2 Å². The maximum absolute atomic E-state index is 9.81. The van der Waals surface area contributed by atoms with Gasteiger partial charge in [-0.15, -0.1) is 0 Å². The van der Waals surface area contributed by atoms with Gasteiger partial charge in [0.2, 0.25) is 0 Å². The normalized spacial score (nSPS) is 12.8. The number of aliphatic hydroxyl groups is 1. The summed E-state index contributed by atoms with van der Waals surface area (Å²) in [7, 11) is 5.87. The van der Waals surface area contributed by atoms with E-state index in [1.165, 1.54) is 5.56 Å². The molecule has 1 N–H and O–H groups in total. The summed E-state index contributed by atoms with van der Waals surface area (Å²) in [6.07, 6.45) is -0.495. The second-order valence-corrected chi connectivity index (χ2v) is 6.34. The monoisotopic (exact) mass is 334 g/mol. The van der Waals surface area contributed by atoms with Crippen LogP contribution in [0.2, 0.25) is 0 Å². The number of ether oxygens (including phenoxy) is 1. The Labute approximate surface area is 142 Å². The van der Waals surface area contributed by atoms with E-state index in [-0.39, 0.29) is 6.61 Å². The number of hydrogen-bond acceptors (Lipinski definition) is 7. The number of nitrogens with zero attached hydrogens (tertiary/aromatic N) is 4. The van der Waals surface area contributed by atoms with Crippen molar-refractivity contribution in [2.24, 2.45) is 0 Å². The molecule has 1 aromatic carbocycles. The highest BCUT2D eigenvalue weighted by Gasteiger charge is 2.10. The summed E-state index contributed by atoms with van der Waals surface area (Å²) in [5.74, 6) is 0.760. The average Bonchev–Trinajstić information content (AvgIpc) is 2.91. The van der Waals surface area contributed by atoms with E-state index in [0.29, 0.717) is 13.1 Å². The molecule has 0 bridgehead atoms. The van der Waals surface area contributed by atoms with Crippen LogP contribution in [0.5, 0.6) is 5.75 Å². The van der Waals surface area contributed by atoms with Crippen LogP contribution in [0.4, 0.5) is 0 Å². The fourth-order valence-electron chi connectivity index (χ4n) is 2.37. The van der Waals surface area contributed by atoms with Crippen molar-refractivity contribution in [3.8, 4) is 5.75 Å². The van der Waals surface area contributed by atoms with Gasteiger partial charge in [-0.2, -0.15) is 0 Å². The molecule has 2 rings (SSSR count). The van der Waals surface area contributed by atoms with Crippen molar-refractivity contribution >= 4 is 0 Å². The molecular weight excluding hydrogens is 308 g/mol. The molecule has 2 aromatic rings. The van der Waals surface area contributed by atoms with Crippen LogP contribution in [0.1, 0.15) is 17.0 Å². The fourth-order valence-corrected chi connectivity index (χ4v) is 2.37. The number of likely N-dealkylation sites (N-methyl/N-ethyl adjacent to an activating group) is 1. The minimum atomic E-state index is -0.495. The number of rotatable bonds is 9. The van der Waals surface area contributed by atoms with Crippen molar-refractivity contribution in [3.05, 3.63) is 41.2 Å². The summed E-state index contributed by atoms with van der Waals surface area (Å²) in [4.78, 5) is 4.07. The molecule has 0 saturated carbocycles. The Morgan fingerprint density at radius 2 is 1.83 bits per heavy atom. The van der Waals surface area contributed by atoms with Crippen LogP contribution in [-0.2, 0) is 13.1 Å². The number of benzene rings is 1. The lowest BCUT2D eigenvalue weighted by Gasteiger charge is -2.17. The molecule has 0 aliphatic rings. The van der Waals surface area contributed by atoms with E-state index in [1.807, 2.05) is 57.2 Å². The zero-order chi connectivity index (χ0) is 17.5. The second kappa shape index (κ2) is 8.77. The van der Waals surface area contributed by atoms with Gasteiger partial charge in [0.05, 0.1) is 0 Å². The van der Waals surface area contributed by atoms with Crippen molar-refractivity contribution in [3.63, 3.8) is 0 Å². The van der Waals surface area contributed by atoms with Crippen molar-refractivity contribution < 1.29 is 14.5 Å². The fraction of sp³-hybridized carbons (Fsp3) is 0.529. The van der Waals surface area contributed by atoms with Gasteiger partial charge in [0, 0.05) is 19.6 Å². The predicted molar refractivity (Wildman–Crippen MR) is 90.7 cm³/mol. The molecule has 0 spiro atoms. The van der Waals surface area contributed by atoms with E-state index in [9.17, 15) is 5.11 Å². The maximum atomic E-state index is 9.81. The smallest absolute Gasteiger partial charge is 0.122 e. The molecule has 1 atom stereocenters. The minimum absolute atomic E-state index is 0.288. The highest BCUT2D eigenvalue weighted by molar-refractivity contribution is 5.27. The Morgan fingerprint density at radius 3 is 2.42 bits per heavy atom. The summed E-state index contributed by atoms with van der Waals surface area (Å²) in [5, 5.41) is 17.5. The molecule has 0 saturated heterocycles. The summed E-state index contributed by atoms with van der Waals surface area (Å²) >= 11 is 0. The van der Waals surface area contributed by atoms with Gasteiger partial charge in [-0.3, -0.25) is 4.90 Å². The highest BCUT2D eigenvalue weighted by Crippen LogP contribution is 2.15. The van der Waals surface area contributed by atoms with Gasteiger partial charge in [-0.25, -0.2) is 4.63 Å². The highest BCUT2D eigenvalue weighted by atomic mass is 16.6. The minimum Gasteiger partial charge on any atom is -0.491 e. The van der Waals surface area contributed by atoms with Crippen LogP contribution >= 0.6 is 0 Å². The average molecular weight is 334 g/mol. The SMILES string of the molecule is Cc1nonc1CN(C)Cc1ccc(OCC(O)CN(C)C)cc1. The van der Waals surface area contributed by atoms with Crippen LogP contribution in [0.25, 0.3) is 0 Å². The molecule has 7 heteroatoms. The van der Waals surface area contributed by atoms with Gasteiger partial charge in [-0.05, 0) is 45.8 Å². The van der Waals surface area contributed by atoms with Crippen molar-refractivity contribution in [1.82, 2.24) is 20.1 Å². The maximum Gasteiger partial charge on any atom is 0.122 e. The van der Waals surface area contributed by atoms with E-state index in [1.54, 1.807) is 0 Å². The Bertz CT molecular complexity index is 613. The van der Waals surface area contributed by atoms with Crippen LogP contribution < -0.4 is 4.74 Å². The quantitative estimate of drug-likeness (QED) is 0.741. The third-order valence-corrected chi connectivity index (χ3v) is 3.56. The van der Waals surface area contributed by atoms with E-state index >= 15 is 0 Å². The zero-order valence-corrected chi connectivity index (χ0v) is 14.8. The van der Waals surface area contributed by atoms with Crippen LogP contribution in [0, 0.1) is 6.92 Å². The number of aryl methyl sites for hydroxylation is 1. The Hall–Kier alpha value is -1.96. The third kappa shape index (κ3) is 5.92. The first kappa shape index (κ1) is 18.4. The zero-order valence-electron chi connectivity index (χ0n) is 14.8. The summed E-state index contributed by atoms with van der Waals surface area (Å²) in [5.41, 5.74) is 2.85. The molecule has 24 heavy (non-hydrogen) atoms. The van der Waals surface area contributed by atoms with Crippen LogP contribution in [-0.4, -0.2) is 65.6 Å². The van der Waals surface area contributed by atoms with Crippen molar-refractivity contribution in [2.45, 2.75) is 26.1 Å². The Morgan fingerprint density at radius 1 is 1.12 bits per heavy atom. The molecule has 0 aliphatic heterocycles. The van der Waals surface area contributed by atoms with Gasteiger partial charge < -0.3 is 14.7 Å². The lowest BCUT2D eigenvalue weighted by molar-refractivity contribution is 0.0831. The summed E-state index contributed by atoms with van der Waals surface area (Å²) < 4.78 is 10.3. The molecule has 0 amide bonds. The van der Waals surface area contributed by atoms with Gasteiger partial charge in [-0.1, -0.05) is 22.4 Å². The van der Waals surface area contributed by atoms with Gasteiger partial charge in [0.25, 0.3) is 0 Å². The number of aromatic nitrogens is 2. The Balaban J connectivity index is 1.80. The van der Waals surface area contributed by atoms with Gasteiger partial charge in [0.1, 0.15) is 29.8 Å². The van der Waals surface area contributed by atoms with E-state index in [0.717, 1.165) is 23.7 Å². The summed E-state index contributed by atoms with van der Waals surface area (Å²) in [6.45, 7) is 4.23. The standard InChI is InChI=1S/C17H26N4O3/c1-13-17(19-24-18-13)11-21(4)9-14-5-7-16(8-6-14)23-12-15(22)10-20(2)3/h5-8,15,22H,9-12H2,1-4H3. The molecule has 1 unspecified atom stereocenters. The Kier molecular flexibility index (Phi) is 6.72. The molecular formula is C17H26N4O3. The summed E-state index contributed by atoms with van der Waals surface area (Å²) in [6, 6.07) is 7.90. The molecule has 0 radical (unpaired) electrons. The number of aliphatic hydroxyl groups excluding tert-OH is 1. The first-order valence-corrected chi connectivity index (χ1v) is 7.95. The van der Waals surface area contributed by atoms with Crippen molar-refractivity contribution in [2.75, 3.05) is 34.3 Å². The molecule has 0 fully saturated rings. The van der Waals surface area contributed by atoms with Gasteiger partial charge >= 0.3 is 0 Å². The largest absolute Gasteiger partial charge is 0.491 e. The third-order valence-electron chi connectivity index (χ3n) is 3.56. The molecule has 0 aliphatic carbocycles. The van der Waals surface area contributed by atoms with Crippen LogP contribution in [0.15, 0.2) is 28.9 Å². The molecule has 7 nitrogen and oxygen atoms in total. The first-order valence-electron chi connectivity index (χ1n) is 7.95. The van der Waals surface area contributed by atoms with Crippen LogP contribution in [0.3, 0.4) is 0 Å². The topological polar surface area (TPSA) is 74.9 Å². The molecule has 1 heterocycles. The molecule has 132 valence electrons. The second-order valence-electron chi connectivity index (χ2n) is 6.34. The first-order chi connectivity index (χ1) is 11.4. The van der Waals surface area contributed by atoms with E-state index < -0.39 is 6.10 Å². The lowest BCUT2D eigenvalue weighted by atomic mass is 10.2. The number of hydrogen-bond donors (Lipinski definition) is 1. The predicted octanol–water partition coefficient (Wildman–Crippen LogP) is 1.31. The van der Waals surface area contributed by atoms with Gasteiger partial charge in [0.15, 0.2) is 0 Å². The molecule has 1 aromatic heterocycles. The van der Waals surface area contributed by atoms with E-state index in [4.69, 9.17) is 9.37 Å².